The molecule has 0 bridgehead atoms. The molecule has 0 aromatic heterocycles. The number of hydrogen-bond donors (Lipinski definition) is 0. The number of carbonyl (C=O) groups excluding carboxylic acids is 1. The molecule has 0 amide bonds. The van der Waals surface area contributed by atoms with Crippen LogP contribution >= 0.6 is 0 Å². The van der Waals surface area contributed by atoms with E-state index in [2.05, 4.69) is 30.0 Å². The van der Waals surface area contributed by atoms with Gasteiger partial charge in [-0.15, -0.1) is 0 Å². The first-order valence-corrected chi connectivity index (χ1v) is 5.61. The molecule has 0 spiro atoms. The third-order valence-corrected chi connectivity index (χ3v) is 3.19. The zero-order valence-electron chi connectivity index (χ0n) is 9.72. The molecule has 2 unspecified atom stereocenters. The van der Waals surface area contributed by atoms with Crippen molar-refractivity contribution in [2.45, 2.75) is 25.5 Å². The van der Waals surface area contributed by atoms with Gasteiger partial charge in [0.05, 0.1) is 0 Å². The van der Waals surface area contributed by atoms with Crippen LogP contribution in [-0.4, -0.2) is 26.2 Å². The zero-order chi connectivity index (χ0) is 11.5. The Balaban J connectivity index is 2.23. The Hall–Kier alpha value is -1.35. The number of rotatable bonds is 3. The summed E-state index contributed by atoms with van der Waals surface area (Å²) >= 11 is 0. The summed E-state index contributed by atoms with van der Waals surface area (Å²) in [7, 11) is 2.01. The first-order valence-electron chi connectivity index (χ1n) is 5.61. The maximum absolute atomic E-state index is 10.3. The average Bonchev–Trinajstić information content (AvgIpc) is 2.32. The molecule has 0 saturated heterocycles. The van der Waals surface area contributed by atoms with Crippen molar-refractivity contribution in [2.75, 3.05) is 18.6 Å². The fraction of sp³-hybridized carbons (Fsp3) is 0.462. The predicted octanol–water partition coefficient (Wildman–Crippen LogP) is 2.17. The van der Waals surface area contributed by atoms with Crippen molar-refractivity contribution >= 4 is 12.0 Å². The van der Waals surface area contributed by atoms with Crippen LogP contribution in [0, 0.1) is 0 Å². The van der Waals surface area contributed by atoms with Gasteiger partial charge < -0.3 is 14.4 Å². The van der Waals surface area contributed by atoms with Gasteiger partial charge in [-0.1, -0.05) is 25.1 Å². The quantitative estimate of drug-likeness (QED) is 0.730. The largest absolute Gasteiger partial charge is 0.351 e. The van der Waals surface area contributed by atoms with Crippen molar-refractivity contribution in [2.24, 2.45) is 0 Å². The van der Waals surface area contributed by atoms with Crippen LogP contribution in [0.1, 0.15) is 24.8 Å². The van der Waals surface area contributed by atoms with Crippen LogP contribution in [0.3, 0.4) is 0 Å². The molecule has 86 valence electrons. The standard InChI is InChI=1S/C13H17NO2/c1-10-9-13(16-8-7-15)14(2)12-6-4-3-5-11(10)12/h3-7,10,13H,8-9H2,1-2H3. The highest BCUT2D eigenvalue weighted by Crippen LogP contribution is 2.37. The van der Waals surface area contributed by atoms with E-state index in [4.69, 9.17) is 4.74 Å². The number of nitrogens with zero attached hydrogens (tertiary/aromatic N) is 1. The lowest BCUT2D eigenvalue weighted by molar-refractivity contribution is -0.113. The van der Waals surface area contributed by atoms with E-state index < -0.39 is 0 Å². The molecule has 0 aliphatic carbocycles. The van der Waals surface area contributed by atoms with Crippen molar-refractivity contribution in [1.82, 2.24) is 0 Å². The number of ether oxygens (including phenoxy) is 1. The zero-order valence-corrected chi connectivity index (χ0v) is 9.72. The summed E-state index contributed by atoms with van der Waals surface area (Å²) in [6.07, 6.45) is 1.75. The third kappa shape index (κ3) is 1.95. The van der Waals surface area contributed by atoms with Crippen LogP contribution in [0.4, 0.5) is 5.69 Å². The highest BCUT2D eigenvalue weighted by atomic mass is 16.5. The van der Waals surface area contributed by atoms with Gasteiger partial charge in [0.25, 0.3) is 0 Å². The van der Waals surface area contributed by atoms with E-state index in [1.165, 1.54) is 11.3 Å². The van der Waals surface area contributed by atoms with Gasteiger partial charge in [0.15, 0.2) is 0 Å². The van der Waals surface area contributed by atoms with E-state index >= 15 is 0 Å². The molecule has 1 aromatic carbocycles. The number of benzene rings is 1. The average molecular weight is 219 g/mol. The molecule has 3 heteroatoms. The van der Waals surface area contributed by atoms with Crippen LogP contribution in [0.2, 0.25) is 0 Å². The van der Waals surface area contributed by atoms with E-state index in [0.29, 0.717) is 5.92 Å². The first kappa shape index (κ1) is 11.1. The summed E-state index contributed by atoms with van der Waals surface area (Å²) in [6.45, 7) is 2.37. The third-order valence-electron chi connectivity index (χ3n) is 3.19. The van der Waals surface area contributed by atoms with E-state index in [9.17, 15) is 4.79 Å². The number of fused-ring (bicyclic) bond motifs is 1. The Kier molecular flexibility index (Phi) is 3.25. The second-order valence-corrected chi connectivity index (χ2v) is 4.26. The fourth-order valence-electron chi connectivity index (χ4n) is 2.30. The lowest BCUT2D eigenvalue weighted by atomic mass is 9.91. The second-order valence-electron chi connectivity index (χ2n) is 4.26. The minimum absolute atomic E-state index is 0.00935. The van der Waals surface area contributed by atoms with Crippen molar-refractivity contribution in [1.29, 1.82) is 0 Å². The maximum Gasteiger partial charge on any atom is 0.145 e. The van der Waals surface area contributed by atoms with Crippen LogP contribution in [0.5, 0.6) is 0 Å². The molecular weight excluding hydrogens is 202 g/mol. The van der Waals surface area contributed by atoms with E-state index in [1.807, 2.05) is 13.1 Å². The van der Waals surface area contributed by atoms with E-state index in [-0.39, 0.29) is 12.8 Å². The van der Waals surface area contributed by atoms with Gasteiger partial charge in [0.2, 0.25) is 0 Å². The number of aldehydes is 1. The Morgan fingerprint density at radius 3 is 3.00 bits per heavy atom. The molecule has 0 N–H and O–H groups in total. The van der Waals surface area contributed by atoms with Crippen molar-refractivity contribution < 1.29 is 9.53 Å². The molecule has 2 rings (SSSR count). The van der Waals surface area contributed by atoms with Gasteiger partial charge in [-0.05, 0) is 24.0 Å². The van der Waals surface area contributed by atoms with Gasteiger partial charge in [-0.3, -0.25) is 0 Å². The fourth-order valence-corrected chi connectivity index (χ4v) is 2.30. The second kappa shape index (κ2) is 4.66. The van der Waals surface area contributed by atoms with E-state index in [0.717, 1.165) is 12.7 Å². The normalized spacial score (nSPS) is 24.0. The number of para-hydroxylation sites is 1. The molecule has 1 aliphatic rings. The van der Waals surface area contributed by atoms with Gasteiger partial charge in [-0.25, -0.2) is 0 Å². The van der Waals surface area contributed by atoms with Crippen LogP contribution in [0.25, 0.3) is 0 Å². The molecule has 1 aliphatic heterocycles. The molecular formula is C13H17NO2. The minimum Gasteiger partial charge on any atom is -0.351 e. The van der Waals surface area contributed by atoms with Crippen LogP contribution < -0.4 is 4.90 Å². The lowest BCUT2D eigenvalue weighted by Gasteiger charge is -2.38. The molecule has 1 aromatic rings. The maximum atomic E-state index is 10.3. The summed E-state index contributed by atoms with van der Waals surface area (Å²) in [6, 6.07) is 8.36. The Morgan fingerprint density at radius 1 is 1.50 bits per heavy atom. The number of anilines is 1. The number of hydrogen-bond acceptors (Lipinski definition) is 3. The monoisotopic (exact) mass is 219 g/mol. The van der Waals surface area contributed by atoms with Gasteiger partial charge in [0, 0.05) is 12.7 Å². The Bertz CT molecular complexity index is 378. The van der Waals surface area contributed by atoms with Gasteiger partial charge >= 0.3 is 0 Å². The highest BCUT2D eigenvalue weighted by molar-refractivity contribution is 5.57. The van der Waals surface area contributed by atoms with Crippen molar-refractivity contribution in [3.63, 3.8) is 0 Å². The number of carbonyl (C=O) groups is 1. The van der Waals surface area contributed by atoms with Crippen LogP contribution in [0.15, 0.2) is 24.3 Å². The van der Waals surface area contributed by atoms with Crippen molar-refractivity contribution in [3.8, 4) is 0 Å². The summed E-state index contributed by atoms with van der Waals surface area (Å²) in [4.78, 5) is 12.4. The van der Waals surface area contributed by atoms with Crippen LogP contribution in [-0.2, 0) is 9.53 Å². The molecule has 0 radical (unpaired) electrons. The smallest absolute Gasteiger partial charge is 0.145 e. The Morgan fingerprint density at radius 2 is 2.25 bits per heavy atom. The molecule has 0 saturated carbocycles. The minimum atomic E-state index is 0.00935. The summed E-state index contributed by atoms with van der Waals surface area (Å²) in [5.41, 5.74) is 2.56. The molecule has 0 fully saturated rings. The van der Waals surface area contributed by atoms with E-state index in [1.54, 1.807) is 0 Å². The Labute approximate surface area is 96.0 Å². The summed E-state index contributed by atoms with van der Waals surface area (Å²) in [5, 5.41) is 0. The van der Waals surface area contributed by atoms with Crippen molar-refractivity contribution in [3.05, 3.63) is 29.8 Å². The summed E-state index contributed by atoms with van der Waals surface area (Å²) in [5.74, 6) is 0.476. The lowest BCUT2D eigenvalue weighted by Crippen LogP contribution is -2.39. The predicted molar refractivity (Wildman–Crippen MR) is 63.7 cm³/mol. The SMILES string of the molecule is CC1CC(OCC=O)N(C)c2ccccc21. The molecule has 2 atom stereocenters. The topological polar surface area (TPSA) is 29.5 Å². The van der Waals surface area contributed by atoms with Gasteiger partial charge in [-0.2, -0.15) is 0 Å². The van der Waals surface area contributed by atoms with Gasteiger partial charge in [0.1, 0.15) is 19.1 Å². The summed E-state index contributed by atoms with van der Waals surface area (Å²) < 4.78 is 5.53. The molecule has 3 nitrogen and oxygen atoms in total. The molecule has 16 heavy (non-hydrogen) atoms. The molecule has 1 heterocycles. The first-order chi connectivity index (χ1) is 7.74. The highest BCUT2D eigenvalue weighted by Gasteiger charge is 2.28.